The van der Waals surface area contributed by atoms with E-state index in [1.165, 1.54) is 7.11 Å². The van der Waals surface area contributed by atoms with E-state index in [4.69, 9.17) is 5.73 Å². The number of carbonyl (C=O) groups is 1. The Morgan fingerprint density at radius 1 is 1.67 bits per heavy atom. The third-order valence-electron chi connectivity index (χ3n) is 1.75. The molecular weight excluding hydrogens is 156 g/mol. The number of nitrogens with two attached hydrogens (primary N) is 1. The highest BCUT2D eigenvalue weighted by Crippen LogP contribution is 2.09. The lowest BCUT2D eigenvalue weighted by Crippen LogP contribution is -2.30. The highest BCUT2D eigenvalue weighted by molar-refractivity contribution is 5.89. The molecule has 0 aliphatic carbocycles. The van der Waals surface area contributed by atoms with Gasteiger partial charge < -0.3 is 15.4 Å². The summed E-state index contributed by atoms with van der Waals surface area (Å²) in [6.07, 6.45) is 3.37. The molecule has 1 aliphatic rings. The summed E-state index contributed by atoms with van der Waals surface area (Å²) in [5.41, 5.74) is 6.19. The highest BCUT2D eigenvalue weighted by Gasteiger charge is 2.15. The molecule has 1 aliphatic heterocycles. The molecule has 66 valence electrons. The Kier molecular flexibility index (Phi) is 2.38. The molecule has 12 heavy (non-hydrogen) atoms. The third-order valence-corrected chi connectivity index (χ3v) is 1.75. The predicted molar refractivity (Wildman–Crippen MR) is 45.0 cm³/mol. The lowest BCUT2D eigenvalue weighted by atomic mass is 10.2. The first-order valence-corrected chi connectivity index (χ1v) is 3.61. The molecule has 1 heterocycles. The van der Waals surface area contributed by atoms with Crippen LogP contribution < -0.4 is 5.73 Å². The van der Waals surface area contributed by atoms with Crippen LogP contribution in [-0.2, 0) is 9.53 Å². The van der Waals surface area contributed by atoms with Crippen molar-refractivity contribution in [1.29, 1.82) is 0 Å². The lowest BCUT2D eigenvalue weighted by molar-refractivity contribution is -0.136. The summed E-state index contributed by atoms with van der Waals surface area (Å²) >= 11 is 0. The molecule has 4 nitrogen and oxygen atoms in total. The van der Waals surface area contributed by atoms with Gasteiger partial charge in [0.1, 0.15) is 0 Å². The third kappa shape index (κ3) is 1.58. The van der Waals surface area contributed by atoms with Crippen molar-refractivity contribution in [1.82, 2.24) is 4.90 Å². The Hall–Kier alpha value is -1.45. The molecule has 0 unspecified atom stereocenters. The normalized spacial score (nSPS) is 16.7. The molecule has 0 saturated carbocycles. The van der Waals surface area contributed by atoms with Gasteiger partial charge >= 0.3 is 5.97 Å². The summed E-state index contributed by atoms with van der Waals surface area (Å²) in [6, 6.07) is 0. The number of esters is 1. The zero-order valence-electron chi connectivity index (χ0n) is 7.20. The molecule has 0 atom stereocenters. The van der Waals surface area contributed by atoms with Crippen LogP contribution in [0, 0.1) is 0 Å². The van der Waals surface area contributed by atoms with Gasteiger partial charge in [0.2, 0.25) is 0 Å². The van der Waals surface area contributed by atoms with Gasteiger partial charge in [-0.15, -0.1) is 0 Å². The van der Waals surface area contributed by atoms with Crippen LogP contribution >= 0.6 is 0 Å². The van der Waals surface area contributed by atoms with Crippen molar-refractivity contribution in [3.63, 3.8) is 0 Å². The van der Waals surface area contributed by atoms with Crippen LogP contribution in [0.1, 0.15) is 0 Å². The topological polar surface area (TPSA) is 55.6 Å². The summed E-state index contributed by atoms with van der Waals surface area (Å²) in [6.45, 7) is 0.509. The maximum Gasteiger partial charge on any atom is 0.335 e. The van der Waals surface area contributed by atoms with Gasteiger partial charge in [-0.2, -0.15) is 0 Å². The van der Waals surface area contributed by atoms with Crippen molar-refractivity contribution in [2.45, 2.75) is 0 Å². The van der Waals surface area contributed by atoms with Gasteiger partial charge in [0, 0.05) is 7.05 Å². The molecule has 0 aromatic rings. The minimum Gasteiger partial charge on any atom is -0.466 e. The zero-order chi connectivity index (χ0) is 9.14. The number of allylic oxidation sites excluding steroid dienone is 2. The molecule has 0 radical (unpaired) electrons. The Morgan fingerprint density at radius 3 is 2.83 bits per heavy atom. The maximum absolute atomic E-state index is 11.0. The van der Waals surface area contributed by atoms with E-state index >= 15 is 0 Å². The molecule has 0 saturated heterocycles. The Labute approximate surface area is 71.3 Å². The van der Waals surface area contributed by atoms with Crippen molar-refractivity contribution in [3.05, 3.63) is 23.5 Å². The van der Waals surface area contributed by atoms with Crippen LogP contribution in [0.4, 0.5) is 0 Å². The zero-order valence-corrected chi connectivity index (χ0v) is 7.20. The van der Waals surface area contributed by atoms with E-state index in [1.54, 1.807) is 17.1 Å². The summed E-state index contributed by atoms with van der Waals surface area (Å²) in [5, 5.41) is 0. The fourth-order valence-corrected chi connectivity index (χ4v) is 0.976. The van der Waals surface area contributed by atoms with Crippen LogP contribution in [0.25, 0.3) is 0 Å². The van der Waals surface area contributed by atoms with Gasteiger partial charge in [0.15, 0.2) is 0 Å². The summed E-state index contributed by atoms with van der Waals surface area (Å²) in [7, 11) is 3.19. The van der Waals surface area contributed by atoms with Gasteiger partial charge in [0.25, 0.3) is 0 Å². The molecule has 0 aromatic heterocycles. The largest absolute Gasteiger partial charge is 0.466 e. The van der Waals surface area contributed by atoms with Gasteiger partial charge in [-0.05, 0) is 12.2 Å². The second-order valence-corrected chi connectivity index (χ2v) is 2.63. The second-order valence-electron chi connectivity index (χ2n) is 2.63. The first-order valence-electron chi connectivity index (χ1n) is 3.61. The molecule has 0 fully saturated rings. The van der Waals surface area contributed by atoms with Gasteiger partial charge in [-0.25, -0.2) is 4.79 Å². The number of rotatable bonds is 1. The lowest BCUT2D eigenvalue weighted by Gasteiger charge is -2.22. The number of hydrogen-bond acceptors (Lipinski definition) is 4. The Bertz CT molecular complexity index is 256. The van der Waals surface area contributed by atoms with E-state index in [2.05, 4.69) is 4.74 Å². The van der Waals surface area contributed by atoms with E-state index in [1.807, 2.05) is 7.05 Å². The first kappa shape index (κ1) is 8.64. The fourth-order valence-electron chi connectivity index (χ4n) is 0.976. The minimum absolute atomic E-state index is 0.300. The summed E-state index contributed by atoms with van der Waals surface area (Å²) < 4.78 is 4.57. The molecule has 2 N–H and O–H groups in total. The number of hydrogen-bond donors (Lipinski definition) is 1. The summed E-state index contributed by atoms with van der Waals surface area (Å²) in [4.78, 5) is 12.8. The molecule has 0 bridgehead atoms. The van der Waals surface area contributed by atoms with Gasteiger partial charge in [-0.1, -0.05) is 0 Å². The average Bonchev–Trinajstić information content (AvgIpc) is 2.08. The highest BCUT2D eigenvalue weighted by atomic mass is 16.5. The fraction of sp³-hybridized carbons (Fsp3) is 0.375. The van der Waals surface area contributed by atoms with E-state index < -0.39 is 0 Å². The van der Waals surface area contributed by atoms with E-state index in [0.29, 0.717) is 17.9 Å². The minimum atomic E-state index is -0.300. The predicted octanol–water partition coefficient (Wildman–Crippen LogP) is -0.169. The monoisotopic (exact) mass is 168 g/mol. The van der Waals surface area contributed by atoms with E-state index in [0.717, 1.165) is 0 Å². The van der Waals surface area contributed by atoms with Crippen molar-refractivity contribution in [3.8, 4) is 0 Å². The van der Waals surface area contributed by atoms with Crippen LogP contribution in [0.2, 0.25) is 0 Å². The quantitative estimate of drug-likeness (QED) is 0.552. The number of methoxy groups -OCH3 is 1. The number of nitrogens with zero attached hydrogens (tertiary/aromatic N) is 1. The molecule has 4 heteroatoms. The van der Waals surface area contributed by atoms with Crippen molar-refractivity contribution < 1.29 is 9.53 Å². The van der Waals surface area contributed by atoms with Crippen molar-refractivity contribution in [2.24, 2.45) is 5.73 Å². The van der Waals surface area contributed by atoms with Crippen LogP contribution in [0.3, 0.4) is 0 Å². The molecule has 0 amide bonds. The first-order chi connectivity index (χ1) is 5.65. The van der Waals surface area contributed by atoms with E-state index in [9.17, 15) is 4.79 Å². The standard InChI is InChI=1S/C8H12N2O2/c1-10-5-6(8(11)12-2)3-4-7(10)9/h3-4H,5,9H2,1-2H3. The smallest absolute Gasteiger partial charge is 0.335 e. The Balaban J connectivity index is 2.77. The molecule has 1 rings (SSSR count). The molecule has 0 aromatic carbocycles. The van der Waals surface area contributed by atoms with Crippen LogP contribution in [0.15, 0.2) is 23.5 Å². The van der Waals surface area contributed by atoms with Crippen molar-refractivity contribution >= 4 is 5.97 Å². The molecular formula is C8H12N2O2. The maximum atomic E-state index is 11.0. The summed E-state index contributed by atoms with van der Waals surface area (Å²) in [5.74, 6) is 0.355. The number of carbonyl (C=O) groups excluding carboxylic acids is 1. The van der Waals surface area contributed by atoms with Crippen molar-refractivity contribution in [2.75, 3.05) is 20.7 Å². The molecule has 0 spiro atoms. The van der Waals surface area contributed by atoms with Gasteiger partial charge in [0.05, 0.1) is 25.0 Å². The Morgan fingerprint density at radius 2 is 2.33 bits per heavy atom. The number of likely N-dealkylation sites (N-methyl/N-ethyl adjacent to an activating group) is 1. The number of ether oxygens (including phenoxy) is 1. The average molecular weight is 168 g/mol. The van der Waals surface area contributed by atoms with E-state index in [-0.39, 0.29) is 5.97 Å². The van der Waals surface area contributed by atoms with Crippen LogP contribution in [-0.4, -0.2) is 31.6 Å². The van der Waals surface area contributed by atoms with Crippen LogP contribution in [0.5, 0.6) is 0 Å². The SMILES string of the molecule is COC(=O)C1=CC=C(N)N(C)C1. The second kappa shape index (κ2) is 3.30. The van der Waals surface area contributed by atoms with Gasteiger partial charge in [-0.3, -0.25) is 0 Å².